The summed E-state index contributed by atoms with van der Waals surface area (Å²) in [6.45, 7) is 5.50. The monoisotopic (exact) mass is 393 g/mol. The van der Waals surface area contributed by atoms with Crippen molar-refractivity contribution >= 4 is 15.9 Å². The molecular weight excluding hydrogens is 370 g/mol. The molecule has 0 aliphatic rings. The molecule has 0 fully saturated rings. The third kappa shape index (κ3) is 5.51. The maximum absolute atomic E-state index is 9.31. The number of aliphatic hydroxyl groups is 1. The molecule has 0 saturated carbocycles. The summed E-state index contributed by atoms with van der Waals surface area (Å²) < 4.78 is 12.3. The lowest BCUT2D eigenvalue weighted by molar-refractivity contribution is 0.191. The predicted molar refractivity (Wildman–Crippen MR) is 99.6 cm³/mol. The van der Waals surface area contributed by atoms with Crippen LogP contribution in [0.15, 0.2) is 40.9 Å². The van der Waals surface area contributed by atoms with Gasteiger partial charge in [-0.25, -0.2) is 0 Å². The molecule has 0 spiro atoms. The van der Waals surface area contributed by atoms with Crippen LogP contribution >= 0.6 is 15.9 Å². The minimum atomic E-state index is -0.368. The van der Waals surface area contributed by atoms with Crippen LogP contribution < -0.4 is 14.8 Å². The Balaban J connectivity index is 2.07. The normalized spacial score (nSPS) is 12.0. The number of hydrogen-bond donors (Lipinski definition) is 2. The first-order chi connectivity index (χ1) is 11.5. The fourth-order valence-corrected chi connectivity index (χ4v) is 2.88. The van der Waals surface area contributed by atoms with Gasteiger partial charge >= 0.3 is 0 Å². The van der Waals surface area contributed by atoms with E-state index in [-0.39, 0.29) is 6.10 Å². The molecule has 4 nitrogen and oxygen atoms in total. The van der Waals surface area contributed by atoms with E-state index in [0.717, 1.165) is 15.6 Å². The van der Waals surface area contributed by atoms with Crippen LogP contribution in [0.1, 0.15) is 23.6 Å². The van der Waals surface area contributed by atoms with E-state index in [2.05, 4.69) is 52.4 Å². The minimum Gasteiger partial charge on any atom is -0.493 e. The van der Waals surface area contributed by atoms with Crippen LogP contribution in [-0.2, 0) is 13.2 Å². The second kappa shape index (κ2) is 9.06. The number of benzene rings is 2. The van der Waals surface area contributed by atoms with Gasteiger partial charge in [-0.3, -0.25) is 0 Å². The zero-order valence-corrected chi connectivity index (χ0v) is 15.9. The molecule has 0 aliphatic carbocycles. The summed E-state index contributed by atoms with van der Waals surface area (Å²) in [7, 11) is 1.63. The Morgan fingerprint density at radius 1 is 1.17 bits per heavy atom. The maximum Gasteiger partial charge on any atom is 0.175 e. The highest BCUT2D eigenvalue weighted by Crippen LogP contribution is 2.37. The lowest BCUT2D eigenvalue weighted by Gasteiger charge is -2.15. The van der Waals surface area contributed by atoms with Crippen LogP contribution in [0, 0.1) is 6.92 Å². The molecule has 130 valence electrons. The standard InChI is InChI=1S/C19H24BrNO3/c1-13-4-6-15(7-5-13)12-24-19-17(20)8-16(9-18(19)23-3)11-21-10-14(2)22/h4-9,14,21-22H,10-12H2,1-3H3. The number of nitrogens with one attached hydrogen (secondary N) is 1. The Morgan fingerprint density at radius 3 is 2.50 bits per heavy atom. The van der Waals surface area contributed by atoms with E-state index in [1.165, 1.54) is 5.56 Å². The Morgan fingerprint density at radius 2 is 1.88 bits per heavy atom. The van der Waals surface area contributed by atoms with E-state index < -0.39 is 0 Å². The first-order valence-corrected chi connectivity index (χ1v) is 8.72. The molecule has 5 heteroatoms. The Kier molecular flexibility index (Phi) is 7.09. The number of hydrogen-bond acceptors (Lipinski definition) is 4. The summed E-state index contributed by atoms with van der Waals surface area (Å²) >= 11 is 3.56. The van der Waals surface area contributed by atoms with Crippen LogP contribution in [0.25, 0.3) is 0 Å². The third-order valence-corrected chi connectivity index (χ3v) is 4.15. The molecule has 0 amide bonds. The largest absolute Gasteiger partial charge is 0.493 e. The molecule has 0 radical (unpaired) electrons. The third-order valence-electron chi connectivity index (χ3n) is 3.56. The summed E-state index contributed by atoms with van der Waals surface area (Å²) in [5.74, 6) is 1.38. The van der Waals surface area contributed by atoms with Gasteiger partial charge in [-0.15, -0.1) is 0 Å². The van der Waals surface area contributed by atoms with Gasteiger partial charge in [-0.05, 0) is 53.0 Å². The molecule has 24 heavy (non-hydrogen) atoms. The molecule has 0 aliphatic heterocycles. The summed E-state index contributed by atoms with van der Waals surface area (Å²) in [6, 6.07) is 12.2. The average Bonchev–Trinajstić information content (AvgIpc) is 2.54. The van der Waals surface area contributed by atoms with Gasteiger partial charge in [0, 0.05) is 13.1 Å². The zero-order chi connectivity index (χ0) is 17.5. The number of halogens is 1. The summed E-state index contributed by atoms with van der Waals surface area (Å²) in [6.07, 6.45) is -0.368. The minimum absolute atomic E-state index is 0.368. The Bertz CT molecular complexity index is 656. The Labute approximate surface area is 151 Å². The number of ether oxygens (including phenoxy) is 2. The number of rotatable bonds is 8. The van der Waals surface area contributed by atoms with Gasteiger partial charge in [0.15, 0.2) is 11.5 Å². The van der Waals surface area contributed by atoms with Crippen molar-refractivity contribution in [1.82, 2.24) is 5.32 Å². The van der Waals surface area contributed by atoms with Crippen molar-refractivity contribution in [2.24, 2.45) is 0 Å². The second-order valence-corrected chi connectivity index (χ2v) is 6.72. The molecule has 2 aromatic rings. The first kappa shape index (κ1) is 18.8. The lowest BCUT2D eigenvalue weighted by Crippen LogP contribution is -2.23. The van der Waals surface area contributed by atoms with Crippen molar-refractivity contribution in [1.29, 1.82) is 0 Å². The molecule has 0 saturated heterocycles. The van der Waals surface area contributed by atoms with Gasteiger partial charge in [0.1, 0.15) is 6.61 Å². The van der Waals surface area contributed by atoms with Gasteiger partial charge in [-0.1, -0.05) is 29.8 Å². The summed E-state index contributed by atoms with van der Waals surface area (Å²) in [5, 5.41) is 12.5. The van der Waals surface area contributed by atoms with Gasteiger partial charge in [0.25, 0.3) is 0 Å². The van der Waals surface area contributed by atoms with Crippen molar-refractivity contribution < 1.29 is 14.6 Å². The molecular formula is C19H24BrNO3. The van der Waals surface area contributed by atoms with Gasteiger partial charge in [-0.2, -0.15) is 0 Å². The van der Waals surface area contributed by atoms with Crippen molar-refractivity contribution in [3.63, 3.8) is 0 Å². The highest BCUT2D eigenvalue weighted by molar-refractivity contribution is 9.10. The van der Waals surface area contributed by atoms with Crippen LogP contribution in [0.3, 0.4) is 0 Å². The maximum atomic E-state index is 9.31. The highest BCUT2D eigenvalue weighted by Gasteiger charge is 2.12. The topological polar surface area (TPSA) is 50.7 Å². The van der Waals surface area contributed by atoms with E-state index in [9.17, 15) is 5.11 Å². The van der Waals surface area contributed by atoms with Gasteiger partial charge in [0.05, 0.1) is 17.7 Å². The zero-order valence-electron chi connectivity index (χ0n) is 14.3. The van der Waals surface area contributed by atoms with Crippen molar-refractivity contribution in [3.8, 4) is 11.5 Å². The molecule has 1 atom stereocenters. The highest BCUT2D eigenvalue weighted by atomic mass is 79.9. The van der Waals surface area contributed by atoms with Crippen LogP contribution in [0.5, 0.6) is 11.5 Å². The number of methoxy groups -OCH3 is 1. The molecule has 0 bridgehead atoms. The first-order valence-electron chi connectivity index (χ1n) is 7.93. The fourth-order valence-electron chi connectivity index (χ4n) is 2.28. The van der Waals surface area contributed by atoms with E-state index in [1.54, 1.807) is 14.0 Å². The molecule has 2 rings (SSSR count). The molecule has 1 unspecified atom stereocenters. The van der Waals surface area contributed by atoms with E-state index in [1.807, 2.05) is 12.1 Å². The van der Waals surface area contributed by atoms with Crippen molar-refractivity contribution in [2.45, 2.75) is 33.1 Å². The molecule has 0 aromatic heterocycles. The molecule has 0 heterocycles. The average molecular weight is 394 g/mol. The van der Waals surface area contributed by atoms with Crippen LogP contribution in [-0.4, -0.2) is 24.9 Å². The van der Waals surface area contributed by atoms with Crippen molar-refractivity contribution in [2.75, 3.05) is 13.7 Å². The van der Waals surface area contributed by atoms with Crippen LogP contribution in [0.2, 0.25) is 0 Å². The molecule has 2 aromatic carbocycles. The van der Waals surface area contributed by atoms with Crippen LogP contribution in [0.4, 0.5) is 0 Å². The van der Waals surface area contributed by atoms with E-state index in [0.29, 0.717) is 31.2 Å². The summed E-state index contributed by atoms with van der Waals surface area (Å²) in [5.41, 5.74) is 3.39. The van der Waals surface area contributed by atoms with Gasteiger partial charge in [0.2, 0.25) is 0 Å². The number of aliphatic hydroxyl groups excluding tert-OH is 1. The Hall–Kier alpha value is -1.56. The van der Waals surface area contributed by atoms with Gasteiger partial charge < -0.3 is 19.9 Å². The second-order valence-electron chi connectivity index (χ2n) is 5.86. The van der Waals surface area contributed by atoms with Crippen molar-refractivity contribution in [3.05, 3.63) is 57.6 Å². The fraction of sp³-hybridized carbons (Fsp3) is 0.368. The smallest absolute Gasteiger partial charge is 0.175 e. The van der Waals surface area contributed by atoms with E-state index >= 15 is 0 Å². The summed E-state index contributed by atoms with van der Waals surface area (Å²) in [4.78, 5) is 0. The van der Waals surface area contributed by atoms with E-state index in [4.69, 9.17) is 9.47 Å². The predicted octanol–water partition coefficient (Wildman–Crippen LogP) is 3.82. The SMILES string of the molecule is COc1cc(CNCC(C)O)cc(Br)c1OCc1ccc(C)cc1. The lowest BCUT2D eigenvalue weighted by atomic mass is 10.1. The number of aryl methyl sites for hydroxylation is 1. The molecule has 2 N–H and O–H groups in total. The quantitative estimate of drug-likeness (QED) is 0.715.